The van der Waals surface area contributed by atoms with Crippen molar-refractivity contribution in [3.63, 3.8) is 0 Å². The Kier molecular flexibility index (Phi) is 4.28. The van der Waals surface area contributed by atoms with Crippen molar-refractivity contribution in [1.82, 2.24) is 4.98 Å². The van der Waals surface area contributed by atoms with E-state index in [0.717, 1.165) is 39.1 Å². The molecule has 25 heavy (non-hydrogen) atoms. The van der Waals surface area contributed by atoms with Crippen molar-refractivity contribution in [2.75, 3.05) is 13.2 Å². The van der Waals surface area contributed by atoms with Crippen molar-refractivity contribution in [3.05, 3.63) is 63.3 Å². The van der Waals surface area contributed by atoms with Crippen LogP contribution in [0.3, 0.4) is 0 Å². The summed E-state index contributed by atoms with van der Waals surface area (Å²) in [6.45, 7) is 3.07. The van der Waals surface area contributed by atoms with Crippen LogP contribution in [0.15, 0.2) is 36.4 Å². The Labute approximate surface area is 155 Å². The maximum Gasteiger partial charge on any atom is 0.168 e. The number of benzene rings is 2. The lowest BCUT2D eigenvalue weighted by Gasteiger charge is -2.19. The molecule has 0 spiro atoms. The third kappa shape index (κ3) is 3.06. The summed E-state index contributed by atoms with van der Waals surface area (Å²) in [6, 6.07) is 11.7. The van der Waals surface area contributed by atoms with Gasteiger partial charge in [-0.15, -0.1) is 0 Å². The van der Waals surface area contributed by atoms with Crippen LogP contribution in [0.25, 0.3) is 23.1 Å². The van der Waals surface area contributed by atoms with E-state index < -0.39 is 0 Å². The minimum Gasteiger partial charge on any atom is -0.486 e. The lowest BCUT2D eigenvalue weighted by molar-refractivity contribution is 0.171. The van der Waals surface area contributed by atoms with Gasteiger partial charge in [0.05, 0.1) is 5.52 Å². The van der Waals surface area contributed by atoms with Gasteiger partial charge in [0.1, 0.15) is 18.4 Å². The molecular formula is C20H15Cl2NO2. The molecule has 0 aliphatic carbocycles. The van der Waals surface area contributed by atoms with Crippen LogP contribution in [0.5, 0.6) is 11.5 Å². The maximum atomic E-state index is 6.38. The van der Waals surface area contributed by atoms with Crippen LogP contribution in [-0.2, 0) is 0 Å². The number of halogens is 2. The topological polar surface area (TPSA) is 31.4 Å². The van der Waals surface area contributed by atoms with Gasteiger partial charge in [0.15, 0.2) is 11.5 Å². The third-order valence-electron chi connectivity index (χ3n) is 4.19. The summed E-state index contributed by atoms with van der Waals surface area (Å²) < 4.78 is 11.3. The standard InChI is InChI=1S/C20H15Cl2NO2/c1-12-16(21)8-7-14-11-15(20(22)23-18(12)14)6-5-13-3-2-4-17-19(13)25-10-9-24-17/h2-8,11H,9-10H2,1H3/b6-5+. The number of aromatic nitrogens is 1. The molecule has 2 aromatic carbocycles. The van der Waals surface area contributed by atoms with Gasteiger partial charge in [-0.05, 0) is 30.7 Å². The summed E-state index contributed by atoms with van der Waals surface area (Å²) >= 11 is 12.5. The number of fused-ring (bicyclic) bond motifs is 2. The van der Waals surface area contributed by atoms with E-state index in [0.29, 0.717) is 23.4 Å². The molecule has 1 aromatic heterocycles. The Morgan fingerprint density at radius 1 is 1.00 bits per heavy atom. The number of ether oxygens (including phenoxy) is 2. The van der Waals surface area contributed by atoms with E-state index in [1.807, 2.05) is 55.5 Å². The minimum absolute atomic E-state index is 0.441. The third-order valence-corrected chi connectivity index (χ3v) is 4.91. The maximum absolute atomic E-state index is 6.38. The molecule has 0 N–H and O–H groups in total. The highest BCUT2D eigenvalue weighted by Crippen LogP contribution is 2.35. The van der Waals surface area contributed by atoms with Crippen molar-refractivity contribution >= 4 is 46.3 Å². The van der Waals surface area contributed by atoms with Crippen LogP contribution in [0.2, 0.25) is 10.2 Å². The van der Waals surface area contributed by atoms with Gasteiger partial charge in [-0.25, -0.2) is 4.98 Å². The fraction of sp³-hybridized carbons (Fsp3) is 0.150. The molecule has 0 fully saturated rings. The quantitative estimate of drug-likeness (QED) is 0.534. The summed E-state index contributed by atoms with van der Waals surface area (Å²) in [5.41, 5.74) is 3.54. The number of nitrogens with zero attached hydrogens (tertiary/aromatic N) is 1. The molecule has 0 unspecified atom stereocenters. The molecule has 1 aliphatic rings. The van der Waals surface area contributed by atoms with E-state index in [1.54, 1.807) is 0 Å². The van der Waals surface area contributed by atoms with Gasteiger partial charge in [-0.3, -0.25) is 0 Å². The fourth-order valence-electron chi connectivity index (χ4n) is 2.88. The Bertz CT molecular complexity index is 999. The zero-order valence-corrected chi connectivity index (χ0v) is 15.1. The number of hydrogen-bond donors (Lipinski definition) is 0. The van der Waals surface area contributed by atoms with E-state index >= 15 is 0 Å². The van der Waals surface area contributed by atoms with Gasteiger partial charge in [-0.2, -0.15) is 0 Å². The molecule has 3 nitrogen and oxygen atoms in total. The SMILES string of the molecule is Cc1c(Cl)ccc2cc(/C=C/c3cccc4c3OCCO4)c(Cl)nc12. The lowest BCUT2D eigenvalue weighted by atomic mass is 10.1. The summed E-state index contributed by atoms with van der Waals surface area (Å²) in [6.07, 6.45) is 3.90. The van der Waals surface area contributed by atoms with Crippen molar-refractivity contribution in [2.24, 2.45) is 0 Å². The Balaban J connectivity index is 1.75. The normalized spacial score (nSPS) is 13.6. The van der Waals surface area contributed by atoms with E-state index in [4.69, 9.17) is 32.7 Å². The number of para-hydroxylation sites is 1. The first-order chi connectivity index (χ1) is 12.1. The van der Waals surface area contributed by atoms with E-state index in [-0.39, 0.29) is 0 Å². The van der Waals surface area contributed by atoms with Gasteiger partial charge >= 0.3 is 0 Å². The molecule has 4 rings (SSSR count). The van der Waals surface area contributed by atoms with E-state index in [9.17, 15) is 0 Å². The molecule has 0 amide bonds. The Hall–Kier alpha value is -2.23. The van der Waals surface area contributed by atoms with Crippen molar-refractivity contribution in [1.29, 1.82) is 0 Å². The van der Waals surface area contributed by atoms with E-state index in [2.05, 4.69) is 4.98 Å². The molecule has 1 aliphatic heterocycles. The zero-order chi connectivity index (χ0) is 17.4. The largest absolute Gasteiger partial charge is 0.486 e. The highest BCUT2D eigenvalue weighted by atomic mass is 35.5. The van der Waals surface area contributed by atoms with Crippen molar-refractivity contribution in [2.45, 2.75) is 6.92 Å². The minimum atomic E-state index is 0.441. The highest BCUT2D eigenvalue weighted by molar-refractivity contribution is 6.33. The summed E-state index contributed by atoms with van der Waals surface area (Å²) in [4.78, 5) is 4.51. The molecule has 2 heterocycles. The van der Waals surface area contributed by atoms with Gasteiger partial charge in [-0.1, -0.05) is 53.6 Å². The highest BCUT2D eigenvalue weighted by Gasteiger charge is 2.14. The predicted octanol–water partition coefficient (Wildman–Crippen LogP) is 5.79. The summed E-state index contributed by atoms with van der Waals surface area (Å²) in [7, 11) is 0. The van der Waals surface area contributed by atoms with Gasteiger partial charge < -0.3 is 9.47 Å². The number of pyridine rings is 1. The lowest BCUT2D eigenvalue weighted by Crippen LogP contribution is -2.15. The van der Waals surface area contributed by atoms with Crippen molar-refractivity contribution < 1.29 is 9.47 Å². The van der Waals surface area contributed by atoms with Crippen LogP contribution >= 0.6 is 23.2 Å². The Morgan fingerprint density at radius 2 is 1.80 bits per heavy atom. The monoisotopic (exact) mass is 371 g/mol. The van der Waals surface area contributed by atoms with Crippen LogP contribution in [0.4, 0.5) is 0 Å². The van der Waals surface area contributed by atoms with Gasteiger partial charge in [0, 0.05) is 21.5 Å². The van der Waals surface area contributed by atoms with Gasteiger partial charge in [0.25, 0.3) is 0 Å². The average molecular weight is 372 g/mol. The number of aryl methyl sites for hydroxylation is 1. The first kappa shape index (κ1) is 16.2. The smallest absolute Gasteiger partial charge is 0.168 e. The molecule has 0 bridgehead atoms. The average Bonchev–Trinajstić information content (AvgIpc) is 2.64. The van der Waals surface area contributed by atoms with Crippen LogP contribution < -0.4 is 9.47 Å². The van der Waals surface area contributed by atoms with E-state index in [1.165, 1.54) is 0 Å². The Morgan fingerprint density at radius 3 is 2.68 bits per heavy atom. The second kappa shape index (κ2) is 6.58. The van der Waals surface area contributed by atoms with Crippen LogP contribution in [-0.4, -0.2) is 18.2 Å². The van der Waals surface area contributed by atoms with Crippen LogP contribution in [0, 0.1) is 6.92 Å². The summed E-state index contributed by atoms with van der Waals surface area (Å²) in [5.74, 6) is 1.53. The van der Waals surface area contributed by atoms with Gasteiger partial charge in [0.2, 0.25) is 0 Å². The molecule has 126 valence electrons. The molecule has 0 radical (unpaired) electrons. The number of hydrogen-bond acceptors (Lipinski definition) is 3. The molecule has 0 atom stereocenters. The molecule has 5 heteroatoms. The first-order valence-corrected chi connectivity index (χ1v) is 8.71. The molecular weight excluding hydrogens is 357 g/mol. The second-order valence-corrected chi connectivity index (χ2v) is 6.58. The second-order valence-electron chi connectivity index (χ2n) is 5.82. The summed E-state index contributed by atoms with van der Waals surface area (Å²) in [5, 5.41) is 2.13. The van der Waals surface area contributed by atoms with Crippen molar-refractivity contribution in [3.8, 4) is 11.5 Å². The zero-order valence-electron chi connectivity index (χ0n) is 13.6. The first-order valence-electron chi connectivity index (χ1n) is 7.95. The fourth-order valence-corrected chi connectivity index (χ4v) is 3.23. The number of rotatable bonds is 2. The molecule has 0 saturated carbocycles. The van der Waals surface area contributed by atoms with Crippen LogP contribution in [0.1, 0.15) is 16.7 Å². The molecule has 3 aromatic rings. The molecule has 0 saturated heterocycles. The predicted molar refractivity (Wildman–Crippen MR) is 103 cm³/mol.